The first-order chi connectivity index (χ1) is 12.4. The monoisotopic (exact) mass is 360 g/mol. The molecule has 0 aromatic carbocycles. The molecule has 3 rings (SSSR count). The Bertz CT molecular complexity index is 785. The van der Waals surface area contributed by atoms with E-state index >= 15 is 0 Å². The third-order valence-corrected chi connectivity index (χ3v) is 4.37. The average molecular weight is 360 g/mol. The first-order valence-electron chi connectivity index (χ1n) is 8.43. The maximum absolute atomic E-state index is 14.5. The Kier molecular flexibility index (Phi) is 5.43. The molecule has 7 nitrogen and oxygen atoms in total. The number of pyridine rings is 1. The van der Waals surface area contributed by atoms with E-state index in [2.05, 4.69) is 15.6 Å². The summed E-state index contributed by atoms with van der Waals surface area (Å²) in [5.74, 6) is -1.73. The van der Waals surface area contributed by atoms with Gasteiger partial charge in [-0.2, -0.15) is 0 Å². The number of carbonyl (C=O) groups is 2. The molecular formula is C18H21FN4O3. The van der Waals surface area contributed by atoms with E-state index in [0.29, 0.717) is 18.8 Å². The Labute approximate surface area is 150 Å². The molecule has 0 radical (unpaired) electrons. The van der Waals surface area contributed by atoms with Crippen LogP contribution in [0.5, 0.6) is 0 Å². The van der Waals surface area contributed by atoms with Crippen molar-refractivity contribution in [3.05, 3.63) is 52.8 Å². The van der Waals surface area contributed by atoms with Gasteiger partial charge in [0.15, 0.2) is 0 Å². The Morgan fingerprint density at radius 2 is 2.23 bits per heavy atom. The van der Waals surface area contributed by atoms with Gasteiger partial charge in [0.05, 0.1) is 18.4 Å². The highest BCUT2D eigenvalue weighted by atomic mass is 19.1. The second-order valence-corrected chi connectivity index (χ2v) is 6.36. The summed E-state index contributed by atoms with van der Waals surface area (Å²) in [5, 5.41) is 5.77. The minimum absolute atomic E-state index is 0.00852. The number of primary amides is 1. The van der Waals surface area contributed by atoms with Crippen molar-refractivity contribution < 1.29 is 18.7 Å². The molecule has 1 unspecified atom stereocenters. The quantitative estimate of drug-likeness (QED) is 0.742. The third kappa shape index (κ3) is 4.14. The van der Waals surface area contributed by atoms with Crippen LogP contribution in [-0.2, 0) is 4.74 Å². The molecule has 138 valence electrons. The second kappa shape index (κ2) is 7.76. The summed E-state index contributed by atoms with van der Waals surface area (Å²) in [7, 11) is 0. The van der Waals surface area contributed by atoms with E-state index in [-0.39, 0.29) is 35.4 Å². The van der Waals surface area contributed by atoms with Crippen molar-refractivity contribution >= 4 is 11.8 Å². The van der Waals surface area contributed by atoms with Gasteiger partial charge in [-0.05, 0) is 25.1 Å². The van der Waals surface area contributed by atoms with E-state index in [0.717, 1.165) is 6.54 Å². The van der Waals surface area contributed by atoms with Crippen LogP contribution in [0.4, 0.5) is 4.39 Å². The second-order valence-electron chi connectivity index (χ2n) is 6.36. The van der Waals surface area contributed by atoms with Crippen LogP contribution in [0.15, 0.2) is 35.8 Å². The standard InChI is InChI=1S/C18H21FN4O3/c1-10-6-12(8-15(22-10)17(20)24)18(25)23-14-3-2-11(7-13(14)19)16-9-21-4-5-26-16/h2-3,6,8,11,16,21H,4-5,7,9H2,1H3,(H2,20,24)(H,23,25)/t11?,16-/m1/s1. The zero-order valence-corrected chi connectivity index (χ0v) is 14.4. The number of aromatic nitrogens is 1. The van der Waals surface area contributed by atoms with Gasteiger partial charge in [0.25, 0.3) is 11.8 Å². The van der Waals surface area contributed by atoms with Crippen molar-refractivity contribution in [2.45, 2.75) is 19.4 Å². The van der Waals surface area contributed by atoms with Crippen molar-refractivity contribution in [2.75, 3.05) is 19.7 Å². The number of rotatable bonds is 4. The summed E-state index contributed by atoms with van der Waals surface area (Å²) in [5.41, 5.74) is 5.99. The van der Waals surface area contributed by atoms with Crippen LogP contribution >= 0.6 is 0 Å². The molecule has 1 aliphatic carbocycles. The SMILES string of the molecule is Cc1cc(C(=O)NC2=C(F)CC([C@H]3CNCCO3)C=C2)cc(C(N)=O)n1. The van der Waals surface area contributed by atoms with Gasteiger partial charge >= 0.3 is 0 Å². The number of hydrogen-bond acceptors (Lipinski definition) is 5. The van der Waals surface area contributed by atoms with Crippen LogP contribution in [0.2, 0.25) is 0 Å². The summed E-state index contributed by atoms with van der Waals surface area (Å²) < 4.78 is 20.1. The number of aryl methyl sites for hydroxylation is 1. The lowest BCUT2D eigenvalue weighted by molar-refractivity contribution is 0.00167. The summed E-state index contributed by atoms with van der Waals surface area (Å²) in [4.78, 5) is 27.7. The van der Waals surface area contributed by atoms with E-state index in [1.165, 1.54) is 12.1 Å². The van der Waals surface area contributed by atoms with Crippen LogP contribution in [0.25, 0.3) is 0 Å². The lowest BCUT2D eigenvalue weighted by atomic mass is 9.92. The van der Waals surface area contributed by atoms with Gasteiger partial charge in [-0.25, -0.2) is 9.37 Å². The molecular weight excluding hydrogens is 339 g/mol. The van der Waals surface area contributed by atoms with Crippen molar-refractivity contribution in [1.29, 1.82) is 0 Å². The molecule has 0 saturated carbocycles. The van der Waals surface area contributed by atoms with E-state index in [1.807, 2.05) is 6.08 Å². The normalized spacial score (nSPS) is 23.0. The molecule has 4 N–H and O–H groups in total. The zero-order valence-electron chi connectivity index (χ0n) is 14.4. The number of ether oxygens (including phenoxy) is 1. The number of halogens is 1. The molecule has 8 heteroatoms. The molecule has 2 heterocycles. The van der Waals surface area contributed by atoms with Gasteiger partial charge in [-0.3, -0.25) is 9.59 Å². The van der Waals surface area contributed by atoms with E-state index in [4.69, 9.17) is 10.5 Å². The Morgan fingerprint density at radius 3 is 2.88 bits per heavy atom. The molecule has 2 amide bonds. The fourth-order valence-corrected chi connectivity index (χ4v) is 3.04. The van der Waals surface area contributed by atoms with Crippen LogP contribution < -0.4 is 16.4 Å². The van der Waals surface area contributed by atoms with Gasteiger partial charge in [0, 0.05) is 36.7 Å². The highest BCUT2D eigenvalue weighted by molar-refractivity contribution is 5.99. The van der Waals surface area contributed by atoms with Crippen molar-refractivity contribution in [1.82, 2.24) is 15.6 Å². The maximum Gasteiger partial charge on any atom is 0.267 e. The predicted molar refractivity (Wildman–Crippen MR) is 92.9 cm³/mol. The third-order valence-electron chi connectivity index (χ3n) is 4.37. The number of carbonyl (C=O) groups excluding carboxylic acids is 2. The Balaban J connectivity index is 1.70. The van der Waals surface area contributed by atoms with Gasteiger partial charge in [0.2, 0.25) is 0 Å². The maximum atomic E-state index is 14.5. The minimum atomic E-state index is -0.727. The number of amides is 2. The zero-order chi connectivity index (χ0) is 18.7. The van der Waals surface area contributed by atoms with Crippen LogP contribution in [-0.4, -0.2) is 42.6 Å². The fraction of sp³-hybridized carbons (Fsp3) is 0.389. The summed E-state index contributed by atoms with van der Waals surface area (Å²) >= 11 is 0. The molecule has 1 aliphatic heterocycles. The minimum Gasteiger partial charge on any atom is -0.375 e. The topological polar surface area (TPSA) is 106 Å². The molecule has 1 saturated heterocycles. The van der Waals surface area contributed by atoms with Crippen LogP contribution in [0.1, 0.15) is 33.0 Å². The number of morpholine rings is 1. The lowest BCUT2D eigenvalue weighted by Crippen LogP contribution is -2.42. The van der Waals surface area contributed by atoms with Crippen molar-refractivity contribution in [2.24, 2.45) is 11.7 Å². The number of nitrogens with zero attached hydrogens (tertiary/aromatic N) is 1. The molecule has 1 fully saturated rings. The molecule has 26 heavy (non-hydrogen) atoms. The molecule has 2 atom stereocenters. The predicted octanol–water partition coefficient (Wildman–Crippen LogP) is 0.964. The van der Waals surface area contributed by atoms with E-state index in [1.54, 1.807) is 13.0 Å². The van der Waals surface area contributed by atoms with Gasteiger partial charge < -0.3 is 21.1 Å². The smallest absolute Gasteiger partial charge is 0.267 e. The van der Waals surface area contributed by atoms with Gasteiger partial charge in [0.1, 0.15) is 11.5 Å². The molecule has 1 aromatic rings. The summed E-state index contributed by atoms with van der Waals surface area (Å²) in [6, 6.07) is 2.80. The molecule has 1 aromatic heterocycles. The largest absolute Gasteiger partial charge is 0.375 e. The number of allylic oxidation sites excluding steroid dienone is 2. The molecule has 0 spiro atoms. The first-order valence-corrected chi connectivity index (χ1v) is 8.43. The van der Waals surface area contributed by atoms with E-state index < -0.39 is 17.6 Å². The van der Waals surface area contributed by atoms with Gasteiger partial charge in [-0.1, -0.05) is 6.08 Å². The Morgan fingerprint density at radius 1 is 1.42 bits per heavy atom. The number of hydrogen-bond donors (Lipinski definition) is 3. The van der Waals surface area contributed by atoms with Crippen molar-refractivity contribution in [3.63, 3.8) is 0 Å². The van der Waals surface area contributed by atoms with Crippen LogP contribution in [0.3, 0.4) is 0 Å². The molecule has 0 bridgehead atoms. The van der Waals surface area contributed by atoms with Crippen LogP contribution in [0, 0.1) is 12.8 Å². The Hall–Kier alpha value is -2.58. The summed E-state index contributed by atoms with van der Waals surface area (Å²) in [6.07, 6.45) is 3.50. The highest BCUT2D eigenvalue weighted by Gasteiger charge is 2.27. The van der Waals surface area contributed by atoms with Gasteiger partial charge in [-0.15, -0.1) is 0 Å². The number of nitrogens with two attached hydrogens (primary N) is 1. The number of nitrogens with one attached hydrogen (secondary N) is 2. The highest BCUT2D eigenvalue weighted by Crippen LogP contribution is 2.28. The van der Waals surface area contributed by atoms with Crippen molar-refractivity contribution in [3.8, 4) is 0 Å². The molecule has 2 aliphatic rings. The lowest BCUT2D eigenvalue weighted by Gasteiger charge is -2.30. The van der Waals surface area contributed by atoms with E-state index in [9.17, 15) is 14.0 Å². The fourth-order valence-electron chi connectivity index (χ4n) is 3.04. The first kappa shape index (κ1) is 18.2. The average Bonchev–Trinajstić information content (AvgIpc) is 2.63. The summed E-state index contributed by atoms with van der Waals surface area (Å²) in [6.45, 7) is 3.72.